The number of carbonyl (C=O) groups excluding carboxylic acids is 1. The lowest BCUT2D eigenvalue weighted by atomic mass is 9.94. The summed E-state index contributed by atoms with van der Waals surface area (Å²) >= 11 is 3.26. The molecule has 2 saturated heterocycles. The summed E-state index contributed by atoms with van der Waals surface area (Å²) in [4.78, 5) is 22.3. The normalized spacial score (nSPS) is 26.8. The molecule has 1 aromatic heterocycles. The molecule has 7 heteroatoms. The molecular weight excluding hydrogens is 326 g/mol. The quantitative estimate of drug-likeness (QED) is 0.769. The summed E-state index contributed by atoms with van der Waals surface area (Å²) < 4.78 is 12.1. The lowest BCUT2D eigenvalue weighted by molar-refractivity contribution is -0.160. The van der Waals surface area contributed by atoms with E-state index in [9.17, 15) is 4.79 Å². The fourth-order valence-corrected chi connectivity index (χ4v) is 2.85. The van der Waals surface area contributed by atoms with Crippen LogP contribution in [0, 0.1) is 0 Å². The molecule has 1 unspecified atom stereocenters. The number of halogens is 1. The fraction of sp³-hybridized carbons (Fsp3) is 0.615. The molecule has 0 bridgehead atoms. The summed E-state index contributed by atoms with van der Waals surface area (Å²) in [6, 6.07) is 0. The van der Waals surface area contributed by atoms with E-state index in [2.05, 4.69) is 25.9 Å². The van der Waals surface area contributed by atoms with E-state index < -0.39 is 0 Å². The highest BCUT2D eigenvalue weighted by Gasteiger charge is 2.40. The topological polar surface area (TPSA) is 64.6 Å². The minimum atomic E-state index is -0.346. The summed E-state index contributed by atoms with van der Waals surface area (Å²) in [5, 5.41) is 0. The Kier molecular flexibility index (Phi) is 4.00. The maximum absolute atomic E-state index is 12.4. The van der Waals surface area contributed by atoms with Gasteiger partial charge in [0, 0.05) is 25.5 Å². The number of morpholine rings is 1. The molecule has 0 aromatic carbocycles. The number of carbonyl (C=O) groups is 1. The van der Waals surface area contributed by atoms with Crippen LogP contribution < -0.4 is 0 Å². The second-order valence-corrected chi connectivity index (χ2v) is 6.05. The van der Waals surface area contributed by atoms with Crippen molar-refractivity contribution in [2.45, 2.75) is 18.4 Å². The number of nitrogens with zero attached hydrogens (tertiary/aromatic N) is 3. The van der Waals surface area contributed by atoms with Gasteiger partial charge in [0.15, 0.2) is 0 Å². The van der Waals surface area contributed by atoms with Crippen molar-refractivity contribution in [3.63, 3.8) is 0 Å². The molecule has 1 aromatic rings. The third-order valence-electron chi connectivity index (χ3n) is 3.63. The molecule has 1 amide bonds. The highest BCUT2D eigenvalue weighted by atomic mass is 79.9. The summed E-state index contributed by atoms with van der Waals surface area (Å²) in [5.41, 5.74) is -0.346. The molecule has 2 aliphatic rings. The van der Waals surface area contributed by atoms with E-state index in [4.69, 9.17) is 9.47 Å². The zero-order chi connectivity index (χ0) is 14.0. The molecule has 0 radical (unpaired) electrons. The molecule has 0 saturated carbocycles. The molecule has 3 heterocycles. The third-order valence-corrected chi connectivity index (χ3v) is 4.04. The van der Waals surface area contributed by atoms with Crippen molar-refractivity contribution in [3.8, 4) is 0 Å². The Bertz CT molecular complexity index is 483. The van der Waals surface area contributed by atoms with Crippen LogP contribution in [-0.2, 0) is 9.47 Å². The molecule has 3 rings (SSSR count). The first kappa shape index (κ1) is 13.9. The van der Waals surface area contributed by atoms with Gasteiger partial charge in [0.1, 0.15) is 5.60 Å². The van der Waals surface area contributed by atoms with E-state index in [1.165, 1.54) is 0 Å². The van der Waals surface area contributed by atoms with Crippen molar-refractivity contribution in [3.05, 3.63) is 22.7 Å². The van der Waals surface area contributed by atoms with Gasteiger partial charge in [0.2, 0.25) is 5.82 Å². The highest BCUT2D eigenvalue weighted by molar-refractivity contribution is 9.10. The standard InChI is InChI=1S/C13H16BrN3O3/c14-10-6-15-11(16-7-10)12(18)17-3-5-20-13(8-17)2-1-4-19-9-13/h6-7H,1-5,8-9H2. The van der Waals surface area contributed by atoms with E-state index in [-0.39, 0.29) is 17.3 Å². The van der Waals surface area contributed by atoms with Gasteiger partial charge in [-0.25, -0.2) is 9.97 Å². The Hall–Kier alpha value is -1.05. The second-order valence-electron chi connectivity index (χ2n) is 5.14. The predicted octanol–water partition coefficient (Wildman–Crippen LogP) is 1.26. The molecule has 1 atom stereocenters. The van der Waals surface area contributed by atoms with Gasteiger partial charge in [-0.15, -0.1) is 0 Å². The van der Waals surface area contributed by atoms with Crippen LogP contribution in [-0.4, -0.2) is 59.3 Å². The number of amides is 1. The molecule has 108 valence electrons. The molecule has 2 aliphatic heterocycles. The average Bonchev–Trinajstić information content (AvgIpc) is 2.48. The second kappa shape index (κ2) is 5.75. The third kappa shape index (κ3) is 2.84. The molecular formula is C13H16BrN3O3. The first-order chi connectivity index (χ1) is 9.69. The molecule has 0 N–H and O–H groups in total. The van der Waals surface area contributed by atoms with Gasteiger partial charge in [0.25, 0.3) is 5.91 Å². The van der Waals surface area contributed by atoms with Crippen LogP contribution in [0.3, 0.4) is 0 Å². The van der Waals surface area contributed by atoms with Crippen molar-refractivity contribution in [1.29, 1.82) is 0 Å². The molecule has 1 spiro atoms. The highest BCUT2D eigenvalue weighted by Crippen LogP contribution is 2.28. The van der Waals surface area contributed by atoms with Crippen molar-refractivity contribution in [1.82, 2.24) is 14.9 Å². The van der Waals surface area contributed by atoms with E-state index >= 15 is 0 Å². The Morgan fingerprint density at radius 1 is 1.35 bits per heavy atom. The zero-order valence-electron chi connectivity index (χ0n) is 11.0. The summed E-state index contributed by atoms with van der Waals surface area (Å²) in [7, 11) is 0. The van der Waals surface area contributed by atoms with E-state index in [1.54, 1.807) is 17.3 Å². The van der Waals surface area contributed by atoms with Crippen LogP contribution in [0.4, 0.5) is 0 Å². The first-order valence-corrected chi connectivity index (χ1v) is 7.46. The minimum Gasteiger partial charge on any atom is -0.378 e. The van der Waals surface area contributed by atoms with E-state index in [1.807, 2.05) is 0 Å². The van der Waals surface area contributed by atoms with E-state index in [0.29, 0.717) is 26.3 Å². The van der Waals surface area contributed by atoms with Gasteiger partial charge in [-0.3, -0.25) is 4.79 Å². The number of aromatic nitrogens is 2. The average molecular weight is 342 g/mol. The molecule has 0 aliphatic carbocycles. The monoisotopic (exact) mass is 341 g/mol. The Morgan fingerprint density at radius 3 is 2.85 bits per heavy atom. The Balaban J connectivity index is 1.73. The van der Waals surface area contributed by atoms with Crippen LogP contribution in [0.15, 0.2) is 16.9 Å². The molecule has 2 fully saturated rings. The lowest BCUT2D eigenvalue weighted by Gasteiger charge is -2.44. The van der Waals surface area contributed by atoms with Gasteiger partial charge in [-0.05, 0) is 28.8 Å². The summed E-state index contributed by atoms with van der Waals surface area (Å²) in [6.07, 6.45) is 5.06. The van der Waals surface area contributed by atoms with Crippen LogP contribution in [0.25, 0.3) is 0 Å². The Morgan fingerprint density at radius 2 is 2.15 bits per heavy atom. The van der Waals surface area contributed by atoms with Gasteiger partial charge in [-0.2, -0.15) is 0 Å². The molecule has 6 nitrogen and oxygen atoms in total. The maximum Gasteiger partial charge on any atom is 0.291 e. The largest absolute Gasteiger partial charge is 0.378 e. The van der Waals surface area contributed by atoms with Crippen molar-refractivity contribution < 1.29 is 14.3 Å². The lowest BCUT2D eigenvalue weighted by Crippen LogP contribution is -2.57. The maximum atomic E-state index is 12.4. The first-order valence-electron chi connectivity index (χ1n) is 6.67. The van der Waals surface area contributed by atoms with Gasteiger partial charge < -0.3 is 14.4 Å². The zero-order valence-corrected chi connectivity index (χ0v) is 12.6. The molecule has 20 heavy (non-hydrogen) atoms. The van der Waals surface area contributed by atoms with Crippen molar-refractivity contribution >= 4 is 21.8 Å². The van der Waals surface area contributed by atoms with Crippen LogP contribution in [0.2, 0.25) is 0 Å². The van der Waals surface area contributed by atoms with Crippen LogP contribution >= 0.6 is 15.9 Å². The van der Waals surface area contributed by atoms with Gasteiger partial charge in [-0.1, -0.05) is 0 Å². The number of rotatable bonds is 1. The van der Waals surface area contributed by atoms with Gasteiger partial charge in [0.05, 0.1) is 24.2 Å². The fourth-order valence-electron chi connectivity index (χ4n) is 2.65. The van der Waals surface area contributed by atoms with Crippen molar-refractivity contribution in [2.75, 3.05) is 32.9 Å². The van der Waals surface area contributed by atoms with Crippen LogP contribution in [0.5, 0.6) is 0 Å². The van der Waals surface area contributed by atoms with Crippen LogP contribution in [0.1, 0.15) is 23.5 Å². The SMILES string of the molecule is O=C(c1ncc(Br)cn1)N1CCOC2(CCCOC2)C1. The number of hydrogen-bond donors (Lipinski definition) is 0. The Labute approximate surface area is 125 Å². The van der Waals surface area contributed by atoms with E-state index in [0.717, 1.165) is 23.9 Å². The summed E-state index contributed by atoms with van der Waals surface area (Å²) in [6.45, 7) is 2.98. The number of hydrogen-bond acceptors (Lipinski definition) is 5. The summed E-state index contributed by atoms with van der Waals surface area (Å²) in [5.74, 6) is 0.0766. The minimum absolute atomic E-state index is 0.147. The number of ether oxygens (including phenoxy) is 2. The smallest absolute Gasteiger partial charge is 0.291 e. The van der Waals surface area contributed by atoms with Gasteiger partial charge >= 0.3 is 0 Å². The van der Waals surface area contributed by atoms with Crippen molar-refractivity contribution in [2.24, 2.45) is 0 Å². The predicted molar refractivity (Wildman–Crippen MR) is 74.4 cm³/mol.